The highest BCUT2D eigenvalue weighted by Gasteiger charge is 2.31. The summed E-state index contributed by atoms with van der Waals surface area (Å²) in [6, 6.07) is 0.00706. The van der Waals surface area contributed by atoms with Crippen molar-refractivity contribution in [2.75, 3.05) is 35.3 Å². The Morgan fingerprint density at radius 3 is 2.85 bits per heavy atom. The van der Waals surface area contributed by atoms with Gasteiger partial charge in [-0.15, -0.1) is 0 Å². The van der Waals surface area contributed by atoms with Crippen molar-refractivity contribution < 1.29 is 8.42 Å². The predicted octanol–water partition coefficient (Wildman–Crippen LogP) is 1.23. The molecule has 1 N–H and O–H groups in total. The molecule has 1 aliphatic heterocycles. The minimum atomic E-state index is -2.89. The lowest BCUT2D eigenvalue weighted by molar-refractivity contribution is 0.600. The van der Waals surface area contributed by atoms with Crippen LogP contribution < -0.4 is 10.2 Å². The second-order valence-electron chi connectivity index (χ2n) is 5.29. The fourth-order valence-electron chi connectivity index (χ4n) is 2.37. The molecule has 1 unspecified atom stereocenters. The molecule has 0 aromatic carbocycles. The number of aryl methyl sites for hydroxylation is 1. The largest absolute Gasteiger partial charge is 0.355 e. The van der Waals surface area contributed by atoms with E-state index in [0.29, 0.717) is 12.4 Å². The molecular weight excluding hydrogens is 276 g/mol. The molecule has 0 radical (unpaired) electrons. The van der Waals surface area contributed by atoms with E-state index in [1.165, 1.54) is 0 Å². The van der Waals surface area contributed by atoms with Gasteiger partial charge in [-0.3, -0.25) is 0 Å². The van der Waals surface area contributed by atoms with E-state index in [-0.39, 0.29) is 17.5 Å². The van der Waals surface area contributed by atoms with Crippen molar-refractivity contribution in [2.24, 2.45) is 0 Å². The first kappa shape index (κ1) is 15.0. The maximum atomic E-state index is 11.6. The summed E-state index contributed by atoms with van der Waals surface area (Å²) in [4.78, 5) is 10.7. The Kier molecular flexibility index (Phi) is 4.47. The highest BCUT2D eigenvalue weighted by atomic mass is 32.2. The lowest BCUT2D eigenvalue weighted by Crippen LogP contribution is -2.34. The summed E-state index contributed by atoms with van der Waals surface area (Å²) in [5, 5.41) is 3.16. The van der Waals surface area contributed by atoms with Gasteiger partial charge in [0.1, 0.15) is 5.82 Å². The van der Waals surface area contributed by atoms with Crippen LogP contribution in [0.5, 0.6) is 0 Å². The van der Waals surface area contributed by atoms with Gasteiger partial charge in [0.2, 0.25) is 5.95 Å². The predicted molar refractivity (Wildman–Crippen MR) is 81.0 cm³/mol. The molecule has 1 atom stereocenters. The number of rotatable bonds is 5. The van der Waals surface area contributed by atoms with E-state index >= 15 is 0 Å². The normalized spacial score (nSPS) is 20.9. The van der Waals surface area contributed by atoms with Gasteiger partial charge in [0.25, 0.3) is 0 Å². The minimum Gasteiger partial charge on any atom is -0.355 e. The average Bonchev–Trinajstić information content (AvgIpc) is 2.77. The summed E-state index contributed by atoms with van der Waals surface area (Å²) >= 11 is 0. The van der Waals surface area contributed by atoms with E-state index in [4.69, 9.17) is 0 Å². The fourth-order valence-corrected chi connectivity index (χ4v) is 4.14. The van der Waals surface area contributed by atoms with Gasteiger partial charge < -0.3 is 10.2 Å². The molecule has 6 nitrogen and oxygen atoms in total. The third kappa shape index (κ3) is 3.39. The minimum absolute atomic E-state index is 0.00706. The highest BCUT2D eigenvalue weighted by Crippen LogP contribution is 2.24. The highest BCUT2D eigenvalue weighted by molar-refractivity contribution is 7.91. The molecule has 1 fully saturated rings. The van der Waals surface area contributed by atoms with Crippen molar-refractivity contribution in [1.82, 2.24) is 9.97 Å². The van der Waals surface area contributed by atoms with E-state index in [1.807, 2.05) is 18.9 Å². The maximum absolute atomic E-state index is 11.6. The molecule has 0 bridgehead atoms. The van der Waals surface area contributed by atoms with Gasteiger partial charge >= 0.3 is 0 Å². The summed E-state index contributed by atoms with van der Waals surface area (Å²) in [7, 11) is -0.979. The van der Waals surface area contributed by atoms with Crippen molar-refractivity contribution >= 4 is 21.6 Å². The van der Waals surface area contributed by atoms with Gasteiger partial charge in [-0.1, -0.05) is 6.92 Å². The monoisotopic (exact) mass is 298 g/mol. The summed E-state index contributed by atoms with van der Waals surface area (Å²) in [6.45, 7) is 4.85. The number of anilines is 2. The van der Waals surface area contributed by atoms with Crippen LogP contribution in [-0.4, -0.2) is 49.5 Å². The molecule has 2 heterocycles. The molecule has 7 heteroatoms. The second-order valence-corrected chi connectivity index (χ2v) is 7.52. The molecule has 1 aromatic heterocycles. The number of nitrogens with one attached hydrogen (secondary N) is 1. The molecule has 1 aromatic rings. The van der Waals surface area contributed by atoms with Crippen molar-refractivity contribution in [3.8, 4) is 0 Å². The first-order valence-corrected chi connectivity index (χ1v) is 8.76. The lowest BCUT2D eigenvalue weighted by Gasteiger charge is -2.26. The van der Waals surface area contributed by atoms with Crippen LogP contribution >= 0.6 is 0 Å². The van der Waals surface area contributed by atoms with Crippen LogP contribution in [0.1, 0.15) is 25.3 Å². The second kappa shape index (κ2) is 5.95. The summed E-state index contributed by atoms with van der Waals surface area (Å²) in [5.41, 5.74) is 0.957. The maximum Gasteiger partial charge on any atom is 0.224 e. The number of hydrogen-bond acceptors (Lipinski definition) is 6. The Balaban J connectivity index is 2.18. The molecule has 112 valence electrons. The van der Waals surface area contributed by atoms with E-state index < -0.39 is 9.84 Å². The molecule has 1 aliphatic rings. The Bertz CT molecular complexity index is 574. The third-order valence-corrected chi connectivity index (χ3v) is 5.32. The first-order chi connectivity index (χ1) is 9.43. The molecular formula is C13H22N4O2S. The Labute approximate surface area is 120 Å². The van der Waals surface area contributed by atoms with Crippen LogP contribution in [0.2, 0.25) is 0 Å². The number of sulfone groups is 1. The average molecular weight is 298 g/mol. The van der Waals surface area contributed by atoms with Crippen LogP contribution in [0.15, 0.2) is 6.20 Å². The number of hydrogen-bond donors (Lipinski definition) is 1. The molecule has 20 heavy (non-hydrogen) atoms. The van der Waals surface area contributed by atoms with Gasteiger partial charge in [0, 0.05) is 31.4 Å². The molecule has 2 rings (SSSR count). The summed E-state index contributed by atoms with van der Waals surface area (Å²) < 4.78 is 23.2. The molecule has 0 saturated carbocycles. The van der Waals surface area contributed by atoms with Crippen molar-refractivity contribution in [2.45, 2.75) is 32.7 Å². The quantitative estimate of drug-likeness (QED) is 0.881. The van der Waals surface area contributed by atoms with Crippen LogP contribution in [-0.2, 0) is 9.84 Å². The zero-order chi connectivity index (χ0) is 14.8. The third-order valence-electron chi connectivity index (χ3n) is 3.57. The Morgan fingerprint density at radius 1 is 1.50 bits per heavy atom. The van der Waals surface area contributed by atoms with Crippen LogP contribution in [0, 0.1) is 6.92 Å². The smallest absolute Gasteiger partial charge is 0.224 e. The summed E-state index contributed by atoms with van der Waals surface area (Å²) in [5.74, 6) is 1.89. The first-order valence-electron chi connectivity index (χ1n) is 6.93. The van der Waals surface area contributed by atoms with E-state index in [1.54, 1.807) is 6.20 Å². The van der Waals surface area contributed by atoms with E-state index in [2.05, 4.69) is 22.2 Å². The Morgan fingerprint density at radius 2 is 2.25 bits per heavy atom. The van der Waals surface area contributed by atoms with Gasteiger partial charge in [0.15, 0.2) is 9.84 Å². The lowest BCUT2D eigenvalue weighted by atomic mass is 10.2. The SMILES string of the molecule is CCCNc1ncc(C)c(N(C)C2CCS(=O)(=O)C2)n1. The van der Waals surface area contributed by atoms with Gasteiger partial charge in [-0.05, 0) is 19.8 Å². The van der Waals surface area contributed by atoms with Gasteiger partial charge in [0.05, 0.1) is 11.5 Å². The summed E-state index contributed by atoms with van der Waals surface area (Å²) in [6.07, 6.45) is 3.45. The zero-order valence-corrected chi connectivity index (χ0v) is 13.1. The molecule has 1 saturated heterocycles. The molecule has 0 amide bonds. The molecule has 0 aliphatic carbocycles. The topological polar surface area (TPSA) is 75.2 Å². The Hall–Kier alpha value is -1.37. The van der Waals surface area contributed by atoms with Crippen LogP contribution in [0.3, 0.4) is 0 Å². The number of nitrogens with zero attached hydrogens (tertiary/aromatic N) is 3. The van der Waals surface area contributed by atoms with Gasteiger partial charge in [-0.25, -0.2) is 13.4 Å². The standard InChI is InChI=1S/C13H22N4O2S/c1-4-6-14-13-15-8-10(2)12(16-13)17(3)11-5-7-20(18,19)9-11/h8,11H,4-7,9H2,1-3H3,(H,14,15,16). The zero-order valence-electron chi connectivity index (χ0n) is 12.3. The van der Waals surface area contributed by atoms with Gasteiger partial charge in [-0.2, -0.15) is 4.98 Å². The van der Waals surface area contributed by atoms with E-state index in [0.717, 1.165) is 24.3 Å². The van der Waals surface area contributed by atoms with Crippen molar-refractivity contribution in [1.29, 1.82) is 0 Å². The molecule has 0 spiro atoms. The van der Waals surface area contributed by atoms with Crippen molar-refractivity contribution in [3.63, 3.8) is 0 Å². The number of aromatic nitrogens is 2. The van der Waals surface area contributed by atoms with Crippen LogP contribution in [0.4, 0.5) is 11.8 Å². The van der Waals surface area contributed by atoms with Crippen molar-refractivity contribution in [3.05, 3.63) is 11.8 Å². The fraction of sp³-hybridized carbons (Fsp3) is 0.692. The van der Waals surface area contributed by atoms with Crippen LogP contribution in [0.25, 0.3) is 0 Å². The van der Waals surface area contributed by atoms with E-state index in [9.17, 15) is 8.42 Å².